The molecule has 0 aliphatic carbocycles. The predicted octanol–water partition coefficient (Wildman–Crippen LogP) is 1.31. The molecule has 1 unspecified atom stereocenters. The number of hydrogen-bond donors (Lipinski definition) is 0. The molecule has 1 atom stereocenters. The molecule has 0 saturated heterocycles. The van der Waals surface area contributed by atoms with Crippen molar-refractivity contribution < 1.29 is 8.76 Å². The lowest BCUT2D eigenvalue weighted by Crippen LogP contribution is -2.01. The Morgan fingerprint density at radius 1 is 1.53 bits per heavy atom. The van der Waals surface area contributed by atoms with Crippen molar-refractivity contribution in [2.75, 3.05) is 7.05 Å². The summed E-state index contributed by atoms with van der Waals surface area (Å²) >= 11 is -2.24. The maximum absolute atomic E-state index is 10.8. The molecule has 0 aromatic heterocycles. The molecular weight excluding hydrogens is 212 g/mol. The van der Waals surface area contributed by atoms with Crippen molar-refractivity contribution in [3.63, 3.8) is 0 Å². The standard InChI is InChI=1S/C10H12N2O2S/c1-7-4-5-8(15(13)14)6-9(7)10(11-2)12-3/h4-6H,2H2,1,3H3,(H,13,14)/p-1. The third kappa shape index (κ3) is 2.57. The quantitative estimate of drug-likeness (QED) is 0.431. The molecule has 15 heavy (non-hydrogen) atoms. The van der Waals surface area contributed by atoms with E-state index >= 15 is 0 Å². The zero-order valence-corrected chi connectivity index (χ0v) is 9.37. The van der Waals surface area contributed by atoms with E-state index in [0.717, 1.165) is 5.56 Å². The van der Waals surface area contributed by atoms with Crippen LogP contribution < -0.4 is 0 Å². The molecule has 5 heteroatoms. The Labute approximate surface area is 91.1 Å². The average Bonchev–Trinajstić information content (AvgIpc) is 2.22. The number of nitrogens with zero attached hydrogens (tertiary/aromatic N) is 2. The van der Waals surface area contributed by atoms with Gasteiger partial charge in [-0.1, -0.05) is 6.07 Å². The highest BCUT2D eigenvalue weighted by Gasteiger charge is 2.05. The van der Waals surface area contributed by atoms with Crippen LogP contribution in [0, 0.1) is 6.92 Å². The summed E-state index contributed by atoms with van der Waals surface area (Å²) in [6.07, 6.45) is 0. The number of aliphatic imine (C=N–C) groups is 2. The van der Waals surface area contributed by atoms with Crippen molar-refractivity contribution in [2.45, 2.75) is 11.8 Å². The van der Waals surface area contributed by atoms with E-state index in [1.54, 1.807) is 13.1 Å². The minimum absolute atomic E-state index is 0.223. The number of aryl methyl sites for hydroxylation is 1. The van der Waals surface area contributed by atoms with Crippen molar-refractivity contribution in [3.8, 4) is 0 Å². The van der Waals surface area contributed by atoms with Crippen LogP contribution in [0.25, 0.3) is 0 Å². The fourth-order valence-corrected chi connectivity index (χ4v) is 1.62. The fraction of sp³-hybridized carbons (Fsp3) is 0.200. The van der Waals surface area contributed by atoms with Crippen LogP contribution in [0.15, 0.2) is 33.1 Å². The van der Waals surface area contributed by atoms with Crippen LogP contribution in [0.4, 0.5) is 0 Å². The second-order valence-corrected chi connectivity index (χ2v) is 3.86. The lowest BCUT2D eigenvalue weighted by molar-refractivity contribution is 0.537. The molecule has 0 aliphatic heterocycles. The summed E-state index contributed by atoms with van der Waals surface area (Å²) in [6.45, 7) is 5.25. The van der Waals surface area contributed by atoms with E-state index in [9.17, 15) is 8.76 Å². The molecule has 0 heterocycles. The van der Waals surface area contributed by atoms with Crippen molar-refractivity contribution in [1.29, 1.82) is 0 Å². The fourth-order valence-electron chi connectivity index (χ4n) is 1.22. The SMILES string of the molecule is C=NC(=NC)c1cc(S(=O)[O-])ccc1C. The van der Waals surface area contributed by atoms with E-state index in [1.165, 1.54) is 12.1 Å². The lowest BCUT2D eigenvalue weighted by atomic mass is 10.1. The first-order valence-electron chi connectivity index (χ1n) is 4.24. The van der Waals surface area contributed by atoms with Crippen LogP contribution in [0.2, 0.25) is 0 Å². The van der Waals surface area contributed by atoms with Gasteiger partial charge in [-0.25, -0.2) is 4.99 Å². The molecule has 1 aromatic carbocycles. The first-order chi connectivity index (χ1) is 7.10. The van der Waals surface area contributed by atoms with Crippen LogP contribution in [-0.2, 0) is 11.1 Å². The molecule has 0 fully saturated rings. The molecule has 0 N–H and O–H groups in total. The van der Waals surface area contributed by atoms with E-state index in [-0.39, 0.29) is 4.90 Å². The van der Waals surface area contributed by atoms with E-state index in [0.29, 0.717) is 11.4 Å². The Balaban J connectivity index is 3.33. The monoisotopic (exact) mass is 223 g/mol. The molecule has 0 aliphatic rings. The predicted molar refractivity (Wildman–Crippen MR) is 60.4 cm³/mol. The van der Waals surface area contributed by atoms with E-state index in [1.807, 2.05) is 6.92 Å². The van der Waals surface area contributed by atoms with Crippen LogP contribution in [0.1, 0.15) is 11.1 Å². The number of benzene rings is 1. The average molecular weight is 223 g/mol. The Hall–Kier alpha value is -1.33. The van der Waals surface area contributed by atoms with Gasteiger partial charge in [0.15, 0.2) is 5.84 Å². The van der Waals surface area contributed by atoms with Gasteiger partial charge in [0.25, 0.3) is 0 Å². The molecule has 4 nitrogen and oxygen atoms in total. The first kappa shape index (κ1) is 11.7. The minimum Gasteiger partial charge on any atom is -0.768 e. The zero-order valence-electron chi connectivity index (χ0n) is 8.56. The topological polar surface area (TPSA) is 64.8 Å². The van der Waals surface area contributed by atoms with Gasteiger partial charge < -0.3 is 4.55 Å². The van der Waals surface area contributed by atoms with Gasteiger partial charge in [0.2, 0.25) is 0 Å². The van der Waals surface area contributed by atoms with Crippen LogP contribution >= 0.6 is 0 Å². The van der Waals surface area contributed by atoms with Crippen LogP contribution in [0.3, 0.4) is 0 Å². The molecule has 0 radical (unpaired) electrons. The Bertz CT molecular complexity index is 441. The summed E-state index contributed by atoms with van der Waals surface area (Å²) in [5, 5.41) is 0. The van der Waals surface area contributed by atoms with Crippen molar-refractivity contribution in [2.24, 2.45) is 9.98 Å². The van der Waals surface area contributed by atoms with Gasteiger partial charge in [0, 0.05) is 17.5 Å². The summed E-state index contributed by atoms with van der Waals surface area (Å²) in [5.41, 5.74) is 1.60. The van der Waals surface area contributed by atoms with Gasteiger partial charge in [-0.3, -0.25) is 9.20 Å². The zero-order chi connectivity index (χ0) is 11.4. The second kappa shape index (κ2) is 4.95. The van der Waals surface area contributed by atoms with Gasteiger partial charge in [-0.2, -0.15) is 0 Å². The summed E-state index contributed by atoms with van der Waals surface area (Å²) in [7, 11) is 1.59. The Kier molecular flexibility index (Phi) is 3.88. The van der Waals surface area contributed by atoms with Crippen LogP contribution in [-0.4, -0.2) is 28.4 Å². The molecule has 0 bridgehead atoms. The Morgan fingerprint density at radius 2 is 2.20 bits per heavy atom. The number of rotatable bonds is 2. The molecule has 1 rings (SSSR count). The van der Waals surface area contributed by atoms with Gasteiger partial charge in [-0.15, -0.1) is 0 Å². The molecular formula is C10H11N2O2S-. The second-order valence-electron chi connectivity index (χ2n) is 2.92. The molecule has 0 spiro atoms. The summed E-state index contributed by atoms with van der Waals surface area (Å²) in [5.74, 6) is 0.444. The van der Waals surface area contributed by atoms with Gasteiger partial charge in [0.1, 0.15) is 0 Å². The minimum atomic E-state index is -2.24. The van der Waals surface area contributed by atoms with Crippen molar-refractivity contribution in [3.05, 3.63) is 29.3 Å². The van der Waals surface area contributed by atoms with E-state index in [4.69, 9.17) is 0 Å². The third-order valence-corrected chi connectivity index (χ3v) is 2.64. The highest BCUT2D eigenvalue weighted by Crippen LogP contribution is 2.15. The summed E-state index contributed by atoms with van der Waals surface area (Å²) in [6, 6.07) is 4.80. The highest BCUT2D eigenvalue weighted by molar-refractivity contribution is 7.79. The van der Waals surface area contributed by atoms with Gasteiger partial charge in [0.05, 0.1) is 0 Å². The summed E-state index contributed by atoms with van der Waals surface area (Å²) in [4.78, 5) is 7.88. The maximum atomic E-state index is 10.8. The number of amidine groups is 1. The van der Waals surface area contributed by atoms with E-state index < -0.39 is 11.1 Å². The van der Waals surface area contributed by atoms with E-state index in [2.05, 4.69) is 16.7 Å². The van der Waals surface area contributed by atoms with Crippen molar-refractivity contribution in [1.82, 2.24) is 0 Å². The van der Waals surface area contributed by atoms with Gasteiger partial charge in [-0.05, 0) is 42.4 Å². The molecule has 80 valence electrons. The van der Waals surface area contributed by atoms with Gasteiger partial charge >= 0.3 is 0 Å². The van der Waals surface area contributed by atoms with Crippen molar-refractivity contribution >= 4 is 23.6 Å². The largest absolute Gasteiger partial charge is 0.768 e. The number of hydrogen-bond acceptors (Lipinski definition) is 3. The molecule has 0 saturated carbocycles. The molecule has 0 amide bonds. The normalized spacial score (nSPS) is 13.7. The maximum Gasteiger partial charge on any atom is 0.153 e. The first-order valence-corrected chi connectivity index (χ1v) is 5.31. The Morgan fingerprint density at radius 3 is 2.67 bits per heavy atom. The smallest absolute Gasteiger partial charge is 0.153 e. The highest BCUT2D eigenvalue weighted by atomic mass is 32.2. The summed E-state index contributed by atoms with van der Waals surface area (Å²) < 4.78 is 21.6. The molecule has 1 aromatic rings. The third-order valence-electron chi connectivity index (χ3n) is 2.00. The van der Waals surface area contributed by atoms with Crippen LogP contribution in [0.5, 0.6) is 0 Å². The lowest BCUT2D eigenvalue weighted by Gasteiger charge is -2.09.